The number of guanidine groups is 1. The van der Waals surface area contributed by atoms with Crippen LogP contribution < -0.4 is 38.9 Å². The van der Waals surface area contributed by atoms with Crippen molar-refractivity contribution in [1.82, 2.24) is 16.0 Å². The Hall–Kier alpha value is -4.20. The lowest BCUT2D eigenvalue weighted by atomic mass is 9.96. The van der Waals surface area contributed by atoms with Crippen molar-refractivity contribution in [3.63, 3.8) is 0 Å². The Morgan fingerprint density at radius 3 is 2.08 bits per heavy atom. The molecule has 5 unspecified atom stereocenters. The fourth-order valence-electron chi connectivity index (χ4n) is 3.63. The first-order valence-corrected chi connectivity index (χ1v) is 12.6. The van der Waals surface area contributed by atoms with E-state index in [0.717, 1.165) is 5.56 Å². The minimum Gasteiger partial charge on any atom is -0.480 e. The van der Waals surface area contributed by atoms with Crippen molar-refractivity contribution in [2.24, 2.45) is 33.8 Å². The van der Waals surface area contributed by atoms with Crippen LogP contribution in [-0.4, -0.2) is 71.4 Å². The monoisotopic (exact) mass is 548 g/mol. The van der Waals surface area contributed by atoms with Crippen LogP contribution in [0.25, 0.3) is 0 Å². The van der Waals surface area contributed by atoms with Gasteiger partial charge in [-0.3, -0.25) is 24.2 Å². The highest BCUT2D eigenvalue weighted by Crippen LogP contribution is 2.11. The second kappa shape index (κ2) is 16.6. The molecule has 0 aliphatic rings. The number of carbonyl (C=O) groups excluding carboxylic acids is 4. The molecule has 14 nitrogen and oxygen atoms in total. The van der Waals surface area contributed by atoms with Gasteiger partial charge in [0.25, 0.3) is 0 Å². The number of benzene rings is 1. The number of carboxylic acids is 1. The van der Waals surface area contributed by atoms with E-state index in [1.165, 1.54) is 0 Å². The summed E-state index contributed by atoms with van der Waals surface area (Å²) in [4.78, 5) is 65.9. The van der Waals surface area contributed by atoms with Crippen LogP contribution in [0.2, 0.25) is 0 Å². The Kier molecular flexibility index (Phi) is 14.0. The third-order valence-electron chi connectivity index (χ3n) is 6.03. The van der Waals surface area contributed by atoms with Crippen LogP contribution in [0.3, 0.4) is 0 Å². The summed E-state index contributed by atoms with van der Waals surface area (Å²) in [5.41, 5.74) is 22.7. The SMILES string of the molecule is CCC(C)C(NC(=O)C(N)Cc1ccccc1)C(=O)NC(CC(N)=O)C(=O)NC(CCCN=C(N)N)C(=O)O. The third kappa shape index (κ3) is 12.3. The number of aliphatic imine (C=N–C) groups is 1. The van der Waals surface area contributed by atoms with Crippen LogP contribution in [0.5, 0.6) is 0 Å². The molecular formula is C25H40N8O6. The number of primary amides is 1. The highest BCUT2D eigenvalue weighted by Gasteiger charge is 2.33. The zero-order chi connectivity index (χ0) is 29.5. The number of amides is 4. The molecule has 5 atom stereocenters. The molecular weight excluding hydrogens is 508 g/mol. The summed E-state index contributed by atoms with van der Waals surface area (Å²) in [7, 11) is 0. The molecule has 0 aliphatic carbocycles. The van der Waals surface area contributed by atoms with Crippen LogP contribution in [0.4, 0.5) is 0 Å². The Labute approximate surface area is 227 Å². The largest absolute Gasteiger partial charge is 0.480 e. The zero-order valence-electron chi connectivity index (χ0n) is 22.3. The molecule has 216 valence electrons. The molecule has 0 fully saturated rings. The van der Waals surface area contributed by atoms with E-state index in [2.05, 4.69) is 20.9 Å². The van der Waals surface area contributed by atoms with Crippen LogP contribution in [0, 0.1) is 5.92 Å². The molecule has 0 aromatic heterocycles. The van der Waals surface area contributed by atoms with Crippen molar-refractivity contribution in [2.45, 2.75) is 70.1 Å². The number of carboxylic acid groups (broad SMARTS) is 1. The van der Waals surface area contributed by atoms with E-state index in [1.807, 2.05) is 37.3 Å². The summed E-state index contributed by atoms with van der Waals surface area (Å²) in [5.74, 6) is -4.98. The number of nitrogens with one attached hydrogen (secondary N) is 3. The Morgan fingerprint density at radius 1 is 0.923 bits per heavy atom. The molecule has 0 spiro atoms. The highest BCUT2D eigenvalue weighted by atomic mass is 16.4. The molecule has 0 radical (unpaired) electrons. The molecule has 1 rings (SSSR count). The van der Waals surface area contributed by atoms with E-state index in [0.29, 0.717) is 6.42 Å². The minimum atomic E-state index is -1.48. The van der Waals surface area contributed by atoms with Gasteiger partial charge in [-0.1, -0.05) is 50.6 Å². The maximum absolute atomic E-state index is 13.2. The normalized spacial score (nSPS) is 14.5. The number of hydrogen-bond acceptors (Lipinski definition) is 7. The topological polar surface area (TPSA) is 258 Å². The van der Waals surface area contributed by atoms with Gasteiger partial charge < -0.3 is 44.0 Å². The maximum atomic E-state index is 13.2. The maximum Gasteiger partial charge on any atom is 0.326 e. The number of nitrogens with zero attached hydrogens (tertiary/aromatic N) is 1. The fraction of sp³-hybridized carbons (Fsp3) is 0.520. The van der Waals surface area contributed by atoms with E-state index in [4.69, 9.17) is 22.9 Å². The number of nitrogens with two attached hydrogens (primary N) is 4. The van der Waals surface area contributed by atoms with Gasteiger partial charge in [0, 0.05) is 6.54 Å². The molecule has 0 aliphatic heterocycles. The first kappa shape index (κ1) is 32.8. The van der Waals surface area contributed by atoms with Gasteiger partial charge in [-0.2, -0.15) is 0 Å². The summed E-state index contributed by atoms with van der Waals surface area (Å²) in [5, 5.41) is 16.9. The second-order valence-corrected chi connectivity index (χ2v) is 9.25. The second-order valence-electron chi connectivity index (χ2n) is 9.25. The molecule has 0 saturated carbocycles. The van der Waals surface area contributed by atoms with Crippen molar-refractivity contribution in [1.29, 1.82) is 0 Å². The van der Waals surface area contributed by atoms with Crippen molar-refractivity contribution < 1.29 is 29.1 Å². The van der Waals surface area contributed by atoms with Crippen molar-refractivity contribution >= 4 is 35.6 Å². The predicted molar refractivity (Wildman–Crippen MR) is 145 cm³/mol. The van der Waals surface area contributed by atoms with E-state index >= 15 is 0 Å². The van der Waals surface area contributed by atoms with Gasteiger partial charge in [-0.25, -0.2) is 4.79 Å². The summed E-state index contributed by atoms with van der Waals surface area (Å²) < 4.78 is 0. The van der Waals surface area contributed by atoms with Gasteiger partial charge in [-0.15, -0.1) is 0 Å². The summed E-state index contributed by atoms with van der Waals surface area (Å²) in [6.07, 6.45) is 0.379. The van der Waals surface area contributed by atoms with Crippen LogP contribution in [0.15, 0.2) is 35.3 Å². The molecule has 0 bridgehead atoms. The third-order valence-corrected chi connectivity index (χ3v) is 6.03. The standard InChI is InChI=1S/C25H40N8O6/c1-3-14(2)20(33-21(35)16(26)12-15-8-5-4-6-9-15)23(37)32-18(13-19(27)34)22(36)31-17(24(38)39)10-7-11-30-25(28)29/h4-6,8-9,14,16-18,20H,3,7,10-13,26H2,1-2H3,(H2,27,34)(H,31,36)(H,32,37)(H,33,35)(H,38,39)(H4,28,29,30). The lowest BCUT2D eigenvalue weighted by Crippen LogP contribution is -2.59. The Bertz CT molecular complexity index is 1020. The zero-order valence-corrected chi connectivity index (χ0v) is 22.3. The van der Waals surface area contributed by atoms with Gasteiger partial charge in [-0.05, 0) is 30.7 Å². The number of carbonyl (C=O) groups is 5. The average Bonchev–Trinajstić information content (AvgIpc) is 2.87. The molecule has 14 heteroatoms. The lowest BCUT2D eigenvalue weighted by molar-refractivity contribution is -0.142. The number of hydrogen-bond donors (Lipinski definition) is 8. The van der Waals surface area contributed by atoms with Crippen molar-refractivity contribution in [2.75, 3.05) is 6.54 Å². The minimum absolute atomic E-state index is 0.0139. The van der Waals surface area contributed by atoms with Gasteiger partial charge in [0.05, 0.1) is 12.5 Å². The molecule has 39 heavy (non-hydrogen) atoms. The van der Waals surface area contributed by atoms with E-state index in [1.54, 1.807) is 6.92 Å². The molecule has 0 heterocycles. The lowest BCUT2D eigenvalue weighted by Gasteiger charge is -2.27. The summed E-state index contributed by atoms with van der Waals surface area (Å²) >= 11 is 0. The fourth-order valence-corrected chi connectivity index (χ4v) is 3.63. The van der Waals surface area contributed by atoms with Crippen LogP contribution >= 0.6 is 0 Å². The molecule has 4 amide bonds. The quantitative estimate of drug-likeness (QED) is 0.0611. The highest BCUT2D eigenvalue weighted by molar-refractivity contribution is 5.96. The van der Waals surface area contributed by atoms with Gasteiger partial charge in [0.1, 0.15) is 18.1 Å². The first-order valence-electron chi connectivity index (χ1n) is 12.6. The van der Waals surface area contributed by atoms with Crippen LogP contribution in [0.1, 0.15) is 45.1 Å². The average molecular weight is 549 g/mol. The molecule has 1 aromatic rings. The van der Waals surface area contributed by atoms with Crippen LogP contribution in [-0.2, 0) is 30.4 Å². The Morgan fingerprint density at radius 2 is 1.54 bits per heavy atom. The van der Waals surface area contributed by atoms with Crippen molar-refractivity contribution in [3.05, 3.63) is 35.9 Å². The van der Waals surface area contributed by atoms with Gasteiger partial charge in [0.15, 0.2) is 5.96 Å². The van der Waals surface area contributed by atoms with E-state index < -0.39 is 60.2 Å². The van der Waals surface area contributed by atoms with Gasteiger partial charge >= 0.3 is 5.97 Å². The summed E-state index contributed by atoms with van der Waals surface area (Å²) in [6, 6.07) is 4.29. The van der Waals surface area contributed by atoms with E-state index in [9.17, 15) is 29.1 Å². The van der Waals surface area contributed by atoms with Gasteiger partial charge in [0.2, 0.25) is 23.6 Å². The number of aliphatic carboxylic acids is 1. The summed E-state index contributed by atoms with van der Waals surface area (Å²) in [6.45, 7) is 3.69. The number of rotatable bonds is 17. The van der Waals surface area contributed by atoms with Crippen molar-refractivity contribution in [3.8, 4) is 0 Å². The predicted octanol–water partition coefficient (Wildman–Crippen LogP) is -1.93. The van der Waals surface area contributed by atoms with E-state index in [-0.39, 0.29) is 37.7 Å². The molecule has 1 aromatic carbocycles. The molecule has 0 saturated heterocycles. The molecule has 12 N–H and O–H groups in total. The Balaban J connectivity index is 2.96. The smallest absolute Gasteiger partial charge is 0.326 e. The first-order chi connectivity index (χ1) is 18.3.